The molecule has 1 atom stereocenters. The maximum atomic E-state index is 11.6. The van der Waals surface area contributed by atoms with Crippen LogP contribution >= 0.6 is 22.6 Å². The summed E-state index contributed by atoms with van der Waals surface area (Å²) in [5.74, 6) is -2.05. The summed E-state index contributed by atoms with van der Waals surface area (Å²) >= 11 is 1.89. The zero-order chi connectivity index (χ0) is 13.0. The van der Waals surface area contributed by atoms with E-state index in [-0.39, 0.29) is 11.3 Å². The Kier molecular flexibility index (Phi) is 4.70. The SMILES string of the molecule is O=C(NC(CO)C(=O)O)c1ccc(I)c(O)c1. The Labute approximate surface area is 110 Å². The number of benzene rings is 1. The van der Waals surface area contributed by atoms with Crippen molar-refractivity contribution < 1.29 is 24.9 Å². The van der Waals surface area contributed by atoms with Crippen LogP contribution in [0.25, 0.3) is 0 Å². The third kappa shape index (κ3) is 3.56. The molecule has 1 aromatic carbocycles. The van der Waals surface area contributed by atoms with E-state index in [2.05, 4.69) is 5.32 Å². The van der Waals surface area contributed by atoms with Crippen LogP contribution in [0.1, 0.15) is 10.4 Å². The topological polar surface area (TPSA) is 107 Å². The third-order valence-corrected chi connectivity index (χ3v) is 2.91. The zero-order valence-electron chi connectivity index (χ0n) is 8.55. The van der Waals surface area contributed by atoms with Crippen LogP contribution in [0.5, 0.6) is 5.75 Å². The molecule has 0 radical (unpaired) electrons. The van der Waals surface area contributed by atoms with Crippen LogP contribution in [-0.2, 0) is 4.79 Å². The van der Waals surface area contributed by atoms with Gasteiger partial charge in [-0.2, -0.15) is 0 Å². The number of carbonyl (C=O) groups is 2. The van der Waals surface area contributed by atoms with Crippen molar-refractivity contribution in [1.82, 2.24) is 5.32 Å². The minimum atomic E-state index is -1.36. The molecule has 0 aliphatic heterocycles. The van der Waals surface area contributed by atoms with Gasteiger partial charge in [-0.1, -0.05) is 0 Å². The van der Waals surface area contributed by atoms with Crippen molar-refractivity contribution >= 4 is 34.5 Å². The van der Waals surface area contributed by atoms with E-state index in [1.807, 2.05) is 22.6 Å². The molecule has 1 aromatic rings. The molecule has 0 heterocycles. The van der Waals surface area contributed by atoms with E-state index in [4.69, 9.17) is 10.2 Å². The molecular formula is C10H10INO5. The van der Waals surface area contributed by atoms with Crippen LogP contribution in [0, 0.1) is 3.57 Å². The molecule has 1 unspecified atom stereocenters. The average molecular weight is 351 g/mol. The number of amides is 1. The van der Waals surface area contributed by atoms with E-state index < -0.39 is 24.5 Å². The van der Waals surface area contributed by atoms with Crippen molar-refractivity contribution in [2.75, 3.05) is 6.61 Å². The van der Waals surface area contributed by atoms with Crippen molar-refractivity contribution in [1.29, 1.82) is 0 Å². The number of aliphatic hydroxyl groups is 1. The minimum absolute atomic E-state index is 0.0610. The fraction of sp³-hybridized carbons (Fsp3) is 0.200. The molecule has 0 aliphatic carbocycles. The van der Waals surface area contributed by atoms with Crippen molar-refractivity contribution in [2.24, 2.45) is 0 Å². The number of aliphatic carboxylic acids is 1. The van der Waals surface area contributed by atoms with E-state index in [9.17, 15) is 14.7 Å². The van der Waals surface area contributed by atoms with Gasteiger partial charge in [-0.05, 0) is 40.8 Å². The van der Waals surface area contributed by atoms with Gasteiger partial charge in [-0.25, -0.2) is 4.79 Å². The van der Waals surface area contributed by atoms with Gasteiger partial charge in [0.1, 0.15) is 5.75 Å². The summed E-state index contributed by atoms with van der Waals surface area (Å²) in [4.78, 5) is 22.2. The predicted molar refractivity (Wildman–Crippen MR) is 66.8 cm³/mol. The number of phenolic OH excluding ortho intramolecular Hbond substituents is 1. The van der Waals surface area contributed by atoms with Gasteiger partial charge < -0.3 is 20.6 Å². The van der Waals surface area contributed by atoms with Gasteiger partial charge in [-0.3, -0.25) is 4.79 Å². The Balaban J connectivity index is 2.82. The number of carboxylic acid groups (broad SMARTS) is 1. The van der Waals surface area contributed by atoms with Crippen LogP contribution < -0.4 is 5.32 Å². The first-order valence-electron chi connectivity index (χ1n) is 4.58. The lowest BCUT2D eigenvalue weighted by Crippen LogP contribution is -2.43. The number of phenols is 1. The summed E-state index contributed by atoms with van der Waals surface area (Å²) in [6, 6.07) is 2.85. The van der Waals surface area contributed by atoms with Crippen LogP contribution in [0.4, 0.5) is 0 Å². The smallest absolute Gasteiger partial charge is 0.328 e. The summed E-state index contributed by atoms with van der Waals surface area (Å²) in [6.45, 7) is -0.697. The number of aliphatic hydroxyl groups excluding tert-OH is 1. The second-order valence-electron chi connectivity index (χ2n) is 3.21. The van der Waals surface area contributed by atoms with Crippen LogP contribution in [0.3, 0.4) is 0 Å². The number of hydrogen-bond donors (Lipinski definition) is 4. The quantitative estimate of drug-likeness (QED) is 0.579. The molecule has 1 amide bonds. The summed E-state index contributed by atoms with van der Waals surface area (Å²) in [5, 5.41) is 28.9. The third-order valence-electron chi connectivity index (χ3n) is 1.99. The molecule has 4 N–H and O–H groups in total. The zero-order valence-corrected chi connectivity index (χ0v) is 10.7. The molecule has 7 heteroatoms. The van der Waals surface area contributed by atoms with Gasteiger partial charge in [0.2, 0.25) is 0 Å². The van der Waals surface area contributed by atoms with Crippen LogP contribution in [-0.4, -0.2) is 39.8 Å². The molecule has 1 rings (SSSR count). The molecule has 6 nitrogen and oxygen atoms in total. The average Bonchev–Trinajstić information content (AvgIpc) is 2.28. The fourth-order valence-electron chi connectivity index (χ4n) is 1.08. The molecule has 0 saturated carbocycles. The Hall–Kier alpha value is -1.35. The second-order valence-corrected chi connectivity index (χ2v) is 4.38. The Morgan fingerprint density at radius 2 is 2.06 bits per heavy atom. The standard InChI is InChI=1S/C10H10INO5/c11-6-2-1-5(3-8(6)14)9(15)12-7(4-13)10(16)17/h1-3,7,13-14H,4H2,(H,12,15)(H,16,17). The van der Waals surface area contributed by atoms with E-state index in [1.165, 1.54) is 18.2 Å². The fourth-order valence-corrected chi connectivity index (χ4v) is 1.42. The molecule has 0 aliphatic rings. The lowest BCUT2D eigenvalue weighted by Gasteiger charge is -2.11. The lowest BCUT2D eigenvalue weighted by atomic mass is 10.2. The summed E-state index contributed by atoms with van der Waals surface area (Å²) in [5.41, 5.74) is 0.127. The normalized spacial score (nSPS) is 11.9. The summed E-state index contributed by atoms with van der Waals surface area (Å²) in [6.07, 6.45) is 0. The number of halogens is 1. The Morgan fingerprint density at radius 3 is 2.53 bits per heavy atom. The first kappa shape index (κ1) is 13.7. The number of carbonyl (C=O) groups excluding carboxylic acids is 1. The molecule has 0 fully saturated rings. The van der Waals surface area contributed by atoms with Crippen molar-refractivity contribution in [3.05, 3.63) is 27.3 Å². The first-order valence-corrected chi connectivity index (χ1v) is 5.66. The van der Waals surface area contributed by atoms with Crippen LogP contribution in [0.2, 0.25) is 0 Å². The Bertz CT molecular complexity index is 448. The van der Waals surface area contributed by atoms with E-state index in [0.717, 1.165) is 0 Å². The number of hydrogen-bond acceptors (Lipinski definition) is 4. The van der Waals surface area contributed by atoms with Gasteiger partial charge in [0.25, 0.3) is 5.91 Å². The minimum Gasteiger partial charge on any atom is -0.507 e. The number of rotatable bonds is 4. The molecular weight excluding hydrogens is 341 g/mol. The number of nitrogens with one attached hydrogen (secondary N) is 1. The van der Waals surface area contributed by atoms with Gasteiger partial charge in [0, 0.05) is 5.56 Å². The highest BCUT2D eigenvalue weighted by molar-refractivity contribution is 14.1. The molecule has 0 aromatic heterocycles. The van der Waals surface area contributed by atoms with E-state index >= 15 is 0 Å². The van der Waals surface area contributed by atoms with Gasteiger partial charge >= 0.3 is 5.97 Å². The van der Waals surface area contributed by atoms with Crippen LogP contribution in [0.15, 0.2) is 18.2 Å². The van der Waals surface area contributed by atoms with Crippen molar-refractivity contribution in [2.45, 2.75) is 6.04 Å². The van der Waals surface area contributed by atoms with Gasteiger partial charge in [0.15, 0.2) is 6.04 Å². The Morgan fingerprint density at radius 1 is 1.41 bits per heavy atom. The highest BCUT2D eigenvalue weighted by Crippen LogP contribution is 2.20. The number of aromatic hydroxyl groups is 1. The summed E-state index contributed by atoms with van der Waals surface area (Å²) < 4.78 is 0.580. The molecule has 0 saturated heterocycles. The molecule has 92 valence electrons. The maximum Gasteiger partial charge on any atom is 0.328 e. The largest absolute Gasteiger partial charge is 0.507 e. The first-order chi connectivity index (χ1) is 7.95. The highest BCUT2D eigenvalue weighted by atomic mass is 127. The van der Waals surface area contributed by atoms with Crippen molar-refractivity contribution in [3.8, 4) is 5.75 Å². The van der Waals surface area contributed by atoms with E-state index in [1.54, 1.807) is 0 Å². The van der Waals surface area contributed by atoms with Gasteiger partial charge in [-0.15, -0.1) is 0 Å². The van der Waals surface area contributed by atoms with Gasteiger partial charge in [0.05, 0.1) is 10.2 Å². The highest BCUT2D eigenvalue weighted by Gasteiger charge is 2.19. The molecule has 0 bridgehead atoms. The monoisotopic (exact) mass is 351 g/mol. The maximum absolute atomic E-state index is 11.6. The molecule has 0 spiro atoms. The summed E-state index contributed by atoms with van der Waals surface area (Å²) in [7, 11) is 0. The predicted octanol–water partition coefficient (Wildman–Crippen LogP) is 0.172. The van der Waals surface area contributed by atoms with E-state index in [0.29, 0.717) is 3.57 Å². The number of carboxylic acids is 1. The second kappa shape index (κ2) is 5.82. The molecule has 17 heavy (non-hydrogen) atoms. The van der Waals surface area contributed by atoms with Crippen molar-refractivity contribution in [3.63, 3.8) is 0 Å². The lowest BCUT2D eigenvalue weighted by molar-refractivity contribution is -0.140.